The third-order valence-corrected chi connectivity index (χ3v) is 7.68. The molecule has 3 unspecified atom stereocenters. The SMILES string of the molecule is CCC1CCC(C2(O)C3(C)CCC(C3)C2(C)C)CC1. The molecule has 3 aliphatic rings. The molecule has 19 heavy (non-hydrogen) atoms. The van der Waals surface area contributed by atoms with Gasteiger partial charge in [-0.1, -0.05) is 47.0 Å². The molecule has 0 aromatic carbocycles. The molecule has 0 amide bonds. The van der Waals surface area contributed by atoms with Crippen molar-refractivity contribution in [1.82, 2.24) is 0 Å². The molecular formula is C18H32O. The van der Waals surface area contributed by atoms with Crippen LogP contribution in [0.1, 0.15) is 79.1 Å². The van der Waals surface area contributed by atoms with Crippen LogP contribution < -0.4 is 0 Å². The van der Waals surface area contributed by atoms with E-state index in [1.54, 1.807) is 0 Å². The van der Waals surface area contributed by atoms with E-state index in [4.69, 9.17) is 0 Å². The Morgan fingerprint density at radius 2 is 1.58 bits per heavy atom. The van der Waals surface area contributed by atoms with Crippen LogP contribution in [0.25, 0.3) is 0 Å². The zero-order valence-corrected chi connectivity index (χ0v) is 13.3. The number of fused-ring (bicyclic) bond motifs is 2. The number of aliphatic hydroxyl groups is 1. The molecule has 3 aliphatic carbocycles. The summed E-state index contributed by atoms with van der Waals surface area (Å²) in [5.74, 6) is 2.24. The molecule has 0 heterocycles. The maximum Gasteiger partial charge on any atom is 0.0782 e. The first-order chi connectivity index (χ1) is 8.85. The third kappa shape index (κ3) is 1.63. The summed E-state index contributed by atoms with van der Waals surface area (Å²) < 4.78 is 0. The Kier molecular flexibility index (Phi) is 3.10. The summed E-state index contributed by atoms with van der Waals surface area (Å²) >= 11 is 0. The fraction of sp³-hybridized carbons (Fsp3) is 1.00. The lowest BCUT2D eigenvalue weighted by molar-refractivity contribution is -0.188. The molecular weight excluding hydrogens is 232 g/mol. The van der Waals surface area contributed by atoms with Gasteiger partial charge < -0.3 is 5.11 Å². The average Bonchev–Trinajstić information content (AvgIpc) is 2.87. The van der Waals surface area contributed by atoms with E-state index in [2.05, 4.69) is 27.7 Å². The monoisotopic (exact) mass is 264 g/mol. The molecule has 3 rings (SSSR count). The second kappa shape index (κ2) is 4.23. The van der Waals surface area contributed by atoms with E-state index in [0.717, 1.165) is 11.8 Å². The van der Waals surface area contributed by atoms with Gasteiger partial charge in [0.15, 0.2) is 0 Å². The van der Waals surface area contributed by atoms with Gasteiger partial charge in [0.25, 0.3) is 0 Å². The predicted molar refractivity (Wildman–Crippen MR) is 79.9 cm³/mol. The first kappa shape index (κ1) is 13.9. The zero-order valence-electron chi connectivity index (χ0n) is 13.3. The van der Waals surface area contributed by atoms with E-state index in [9.17, 15) is 5.11 Å². The van der Waals surface area contributed by atoms with E-state index in [0.29, 0.717) is 5.92 Å². The van der Waals surface area contributed by atoms with Gasteiger partial charge in [-0.2, -0.15) is 0 Å². The van der Waals surface area contributed by atoms with Crippen molar-refractivity contribution in [3.63, 3.8) is 0 Å². The molecule has 0 aromatic rings. The van der Waals surface area contributed by atoms with E-state index in [1.165, 1.54) is 51.4 Å². The van der Waals surface area contributed by atoms with Gasteiger partial charge in [0.05, 0.1) is 5.60 Å². The Balaban J connectivity index is 1.86. The van der Waals surface area contributed by atoms with Gasteiger partial charge in [0, 0.05) is 0 Å². The summed E-state index contributed by atoms with van der Waals surface area (Å²) in [6.07, 6.45) is 10.4. The van der Waals surface area contributed by atoms with Crippen LogP contribution in [0.4, 0.5) is 0 Å². The summed E-state index contributed by atoms with van der Waals surface area (Å²) in [7, 11) is 0. The lowest BCUT2D eigenvalue weighted by Gasteiger charge is -2.56. The standard InChI is InChI=1S/C18H32O/c1-5-13-6-8-14(9-7-13)18(19)16(2,3)15-10-11-17(18,4)12-15/h13-15,19H,5-12H2,1-4H3. The van der Waals surface area contributed by atoms with Crippen molar-refractivity contribution >= 4 is 0 Å². The second-order valence-electron chi connectivity index (χ2n) is 8.61. The minimum absolute atomic E-state index is 0.129. The first-order valence-corrected chi connectivity index (χ1v) is 8.57. The highest BCUT2D eigenvalue weighted by Crippen LogP contribution is 2.71. The van der Waals surface area contributed by atoms with Crippen molar-refractivity contribution in [2.75, 3.05) is 0 Å². The molecule has 2 bridgehead atoms. The number of hydrogen-bond acceptors (Lipinski definition) is 1. The smallest absolute Gasteiger partial charge is 0.0782 e. The molecule has 0 spiro atoms. The van der Waals surface area contributed by atoms with Crippen molar-refractivity contribution in [2.24, 2.45) is 28.6 Å². The van der Waals surface area contributed by atoms with Crippen molar-refractivity contribution in [1.29, 1.82) is 0 Å². The van der Waals surface area contributed by atoms with Crippen LogP contribution in [-0.2, 0) is 0 Å². The van der Waals surface area contributed by atoms with Crippen LogP contribution in [0.2, 0.25) is 0 Å². The topological polar surface area (TPSA) is 20.2 Å². The van der Waals surface area contributed by atoms with Crippen LogP contribution in [0.15, 0.2) is 0 Å². The summed E-state index contributed by atoms with van der Waals surface area (Å²) in [4.78, 5) is 0. The number of hydrogen-bond donors (Lipinski definition) is 1. The minimum atomic E-state index is -0.401. The average molecular weight is 264 g/mol. The Hall–Kier alpha value is -0.0400. The highest BCUT2D eigenvalue weighted by Gasteiger charge is 2.70. The van der Waals surface area contributed by atoms with Crippen LogP contribution >= 0.6 is 0 Å². The highest BCUT2D eigenvalue weighted by molar-refractivity contribution is 5.20. The fourth-order valence-electron chi connectivity index (χ4n) is 6.30. The molecule has 110 valence electrons. The summed E-state index contributed by atoms with van der Waals surface area (Å²) in [6.45, 7) is 9.41. The molecule has 1 heteroatoms. The Morgan fingerprint density at radius 3 is 2.05 bits per heavy atom. The summed E-state index contributed by atoms with van der Waals surface area (Å²) in [5.41, 5.74) is -0.0732. The highest BCUT2D eigenvalue weighted by atomic mass is 16.3. The Bertz CT molecular complexity index is 346. The van der Waals surface area contributed by atoms with Gasteiger partial charge in [-0.3, -0.25) is 0 Å². The molecule has 0 radical (unpaired) electrons. The summed E-state index contributed by atoms with van der Waals surface area (Å²) in [6, 6.07) is 0. The van der Waals surface area contributed by atoms with Gasteiger partial charge >= 0.3 is 0 Å². The molecule has 3 fully saturated rings. The summed E-state index contributed by atoms with van der Waals surface area (Å²) in [5, 5.41) is 11.8. The second-order valence-corrected chi connectivity index (χ2v) is 8.61. The largest absolute Gasteiger partial charge is 0.388 e. The lowest BCUT2D eigenvalue weighted by atomic mass is 9.53. The predicted octanol–water partition coefficient (Wildman–Crippen LogP) is 4.78. The van der Waals surface area contributed by atoms with Gasteiger partial charge in [0.2, 0.25) is 0 Å². The van der Waals surface area contributed by atoms with Gasteiger partial charge in [-0.15, -0.1) is 0 Å². The Labute approximate surface area is 119 Å². The maximum absolute atomic E-state index is 11.8. The lowest BCUT2D eigenvalue weighted by Crippen LogP contribution is -2.59. The van der Waals surface area contributed by atoms with Crippen molar-refractivity contribution in [3.05, 3.63) is 0 Å². The van der Waals surface area contributed by atoms with Gasteiger partial charge in [-0.05, 0) is 60.7 Å². The normalized spacial score (nSPS) is 52.6. The fourth-order valence-corrected chi connectivity index (χ4v) is 6.30. The molecule has 0 aromatic heterocycles. The first-order valence-electron chi connectivity index (χ1n) is 8.57. The van der Waals surface area contributed by atoms with E-state index < -0.39 is 5.60 Å². The van der Waals surface area contributed by atoms with Crippen LogP contribution in [0.3, 0.4) is 0 Å². The third-order valence-electron chi connectivity index (χ3n) is 7.68. The molecule has 3 atom stereocenters. The van der Waals surface area contributed by atoms with Crippen LogP contribution in [0.5, 0.6) is 0 Å². The molecule has 1 nitrogen and oxygen atoms in total. The van der Waals surface area contributed by atoms with E-state index in [-0.39, 0.29) is 10.8 Å². The zero-order chi connectivity index (χ0) is 13.9. The minimum Gasteiger partial charge on any atom is -0.388 e. The van der Waals surface area contributed by atoms with Crippen molar-refractivity contribution in [2.45, 2.75) is 84.7 Å². The maximum atomic E-state index is 11.8. The van der Waals surface area contributed by atoms with Crippen LogP contribution in [-0.4, -0.2) is 10.7 Å². The van der Waals surface area contributed by atoms with Gasteiger partial charge in [-0.25, -0.2) is 0 Å². The Morgan fingerprint density at radius 1 is 0.947 bits per heavy atom. The van der Waals surface area contributed by atoms with Crippen molar-refractivity contribution < 1.29 is 5.11 Å². The van der Waals surface area contributed by atoms with Gasteiger partial charge in [0.1, 0.15) is 0 Å². The van der Waals surface area contributed by atoms with Crippen LogP contribution in [0, 0.1) is 28.6 Å². The van der Waals surface area contributed by atoms with Crippen molar-refractivity contribution in [3.8, 4) is 0 Å². The van der Waals surface area contributed by atoms with E-state index in [1.807, 2.05) is 0 Å². The number of rotatable bonds is 2. The molecule has 3 saturated carbocycles. The molecule has 0 saturated heterocycles. The van der Waals surface area contributed by atoms with E-state index >= 15 is 0 Å². The quantitative estimate of drug-likeness (QED) is 0.761. The molecule has 0 aliphatic heterocycles. The molecule has 1 N–H and O–H groups in total.